The first kappa shape index (κ1) is 7.63. The van der Waals surface area contributed by atoms with Crippen molar-refractivity contribution >= 4 is 27.6 Å². The summed E-state index contributed by atoms with van der Waals surface area (Å²) in [5.74, 6) is 0. The molecule has 0 aliphatic rings. The molecule has 0 amide bonds. The average Bonchev–Trinajstić information content (AvgIpc) is 2.05. The fourth-order valence-electron chi connectivity index (χ4n) is 0.536. The fraction of sp³-hybridized carbons (Fsp3) is 0. The SMILES string of the molecule is O=C(SS)c1cccnc1. The maximum Gasteiger partial charge on any atom is 0.231 e. The van der Waals surface area contributed by atoms with Crippen LogP contribution in [0.5, 0.6) is 0 Å². The van der Waals surface area contributed by atoms with Gasteiger partial charge in [-0.1, -0.05) is 0 Å². The lowest BCUT2D eigenvalue weighted by atomic mass is 10.3. The molecule has 4 heteroatoms. The molecule has 0 saturated carbocycles. The van der Waals surface area contributed by atoms with Crippen molar-refractivity contribution in [3.05, 3.63) is 30.1 Å². The minimum Gasteiger partial charge on any atom is -0.281 e. The van der Waals surface area contributed by atoms with E-state index in [1.54, 1.807) is 18.3 Å². The summed E-state index contributed by atoms with van der Waals surface area (Å²) >= 11 is 3.77. The third-order valence-corrected chi connectivity index (χ3v) is 1.88. The Morgan fingerprint density at radius 1 is 1.70 bits per heavy atom. The minimum atomic E-state index is -0.0727. The van der Waals surface area contributed by atoms with Gasteiger partial charge in [0.25, 0.3) is 0 Å². The van der Waals surface area contributed by atoms with Gasteiger partial charge in [0.05, 0.1) is 0 Å². The lowest BCUT2D eigenvalue weighted by Gasteiger charge is -1.91. The molecule has 1 heterocycles. The molecule has 1 aromatic rings. The zero-order valence-corrected chi connectivity index (χ0v) is 6.73. The smallest absolute Gasteiger partial charge is 0.231 e. The highest BCUT2D eigenvalue weighted by Gasteiger charge is 2.01. The standard InChI is InChI=1S/C6H5NOS2/c8-6(10-9)5-2-1-3-7-4-5/h1-4,9H. The summed E-state index contributed by atoms with van der Waals surface area (Å²) < 4.78 is 0. The van der Waals surface area contributed by atoms with Gasteiger partial charge in [-0.05, 0) is 22.9 Å². The number of hydrogen-bond donors (Lipinski definition) is 1. The van der Waals surface area contributed by atoms with Gasteiger partial charge in [-0.3, -0.25) is 9.78 Å². The topological polar surface area (TPSA) is 30.0 Å². The first-order valence-corrected chi connectivity index (χ1v) is 4.47. The molecule has 0 fully saturated rings. The molecule has 0 bridgehead atoms. The van der Waals surface area contributed by atoms with E-state index in [2.05, 4.69) is 16.6 Å². The lowest BCUT2D eigenvalue weighted by Crippen LogP contribution is -1.89. The van der Waals surface area contributed by atoms with Crippen LogP contribution in [-0.2, 0) is 0 Å². The fourth-order valence-corrected chi connectivity index (χ4v) is 1.08. The molecule has 0 aliphatic heterocycles. The molecule has 1 aromatic heterocycles. The molecule has 0 spiro atoms. The van der Waals surface area contributed by atoms with E-state index in [1.165, 1.54) is 6.20 Å². The van der Waals surface area contributed by atoms with E-state index in [0.717, 1.165) is 10.8 Å². The summed E-state index contributed by atoms with van der Waals surface area (Å²) in [6, 6.07) is 3.43. The molecule has 0 aliphatic carbocycles. The van der Waals surface area contributed by atoms with Crippen LogP contribution in [0, 0.1) is 0 Å². The number of nitrogens with zero attached hydrogens (tertiary/aromatic N) is 1. The van der Waals surface area contributed by atoms with Crippen molar-refractivity contribution in [2.24, 2.45) is 0 Å². The number of carbonyl (C=O) groups excluding carboxylic acids is 1. The largest absolute Gasteiger partial charge is 0.281 e. The molecular weight excluding hydrogens is 166 g/mol. The maximum absolute atomic E-state index is 10.9. The number of hydrogen-bond acceptors (Lipinski definition) is 4. The van der Waals surface area contributed by atoms with E-state index in [9.17, 15) is 4.79 Å². The second kappa shape index (κ2) is 3.63. The van der Waals surface area contributed by atoms with Crippen molar-refractivity contribution in [2.45, 2.75) is 0 Å². The first-order valence-electron chi connectivity index (χ1n) is 2.60. The van der Waals surface area contributed by atoms with Gasteiger partial charge in [0.15, 0.2) is 0 Å². The Hall–Kier alpha value is -0.480. The molecule has 0 atom stereocenters. The van der Waals surface area contributed by atoms with Crippen molar-refractivity contribution in [2.75, 3.05) is 0 Å². The van der Waals surface area contributed by atoms with Gasteiger partial charge in [0.2, 0.25) is 5.12 Å². The molecule has 0 saturated heterocycles. The van der Waals surface area contributed by atoms with Gasteiger partial charge in [-0.15, -0.1) is 11.7 Å². The summed E-state index contributed by atoms with van der Waals surface area (Å²) in [6.45, 7) is 0. The van der Waals surface area contributed by atoms with Crippen LogP contribution >= 0.6 is 22.5 Å². The quantitative estimate of drug-likeness (QED) is 0.516. The predicted molar refractivity (Wildman–Crippen MR) is 45.1 cm³/mol. The molecule has 1 rings (SSSR count). The van der Waals surface area contributed by atoms with Crippen LogP contribution in [-0.4, -0.2) is 10.1 Å². The highest BCUT2D eigenvalue weighted by Crippen LogP contribution is 2.13. The van der Waals surface area contributed by atoms with Crippen molar-refractivity contribution in [1.82, 2.24) is 4.98 Å². The third-order valence-electron chi connectivity index (χ3n) is 0.980. The van der Waals surface area contributed by atoms with Crippen LogP contribution in [0.4, 0.5) is 0 Å². The summed E-state index contributed by atoms with van der Waals surface area (Å²) in [6.07, 6.45) is 3.14. The van der Waals surface area contributed by atoms with Crippen molar-refractivity contribution < 1.29 is 4.79 Å². The van der Waals surface area contributed by atoms with Crippen LogP contribution in [0.25, 0.3) is 0 Å². The second-order valence-electron chi connectivity index (χ2n) is 1.62. The van der Waals surface area contributed by atoms with Crippen LogP contribution in [0.2, 0.25) is 0 Å². The average molecular weight is 171 g/mol. The maximum atomic E-state index is 10.9. The number of pyridine rings is 1. The summed E-state index contributed by atoms with van der Waals surface area (Å²) in [7, 11) is 0.893. The van der Waals surface area contributed by atoms with Crippen LogP contribution in [0.1, 0.15) is 10.4 Å². The number of rotatable bonds is 1. The lowest BCUT2D eigenvalue weighted by molar-refractivity contribution is 0.109. The Kier molecular flexibility index (Phi) is 2.77. The van der Waals surface area contributed by atoms with Gasteiger partial charge in [-0.25, -0.2) is 0 Å². The Morgan fingerprint density at radius 3 is 3.00 bits per heavy atom. The van der Waals surface area contributed by atoms with Crippen molar-refractivity contribution in [3.8, 4) is 0 Å². The molecule has 0 N–H and O–H groups in total. The Bertz CT molecular complexity index is 224. The molecule has 2 nitrogen and oxygen atoms in total. The third kappa shape index (κ3) is 1.75. The van der Waals surface area contributed by atoms with Gasteiger partial charge >= 0.3 is 0 Å². The predicted octanol–water partition coefficient (Wildman–Crippen LogP) is 1.80. The first-order chi connectivity index (χ1) is 4.84. The van der Waals surface area contributed by atoms with E-state index >= 15 is 0 Å². The monoisotopic (exact) mass is 171 g/mol. The van der Waals surface area contributed by atoms with Crippen LogP contribution in [0.15, 0.2) is 24.5 Å². The Morgan fingerprint density at radius 2 is 2.50 bits per heavy atom. The van der Waals surface area contributed by atoms with Gasteiger partial charge in [0.1, 0.15) is 0 Å². The molecule has 0 aromatic carbocycles. The van der Waals surface area contributed by atoms with Crippen LogP contribution in [0.3, 0.4) is 0 Å². The number of aromatic nitrogens is 1. The molecule has 10 heavy (non-hydrogen) atoms. The molecular formula is C6H5NOS2. The Balaban J connectivity index is 2.85. The normalized spacial score (nSPS) is 9.30. The van der Waals surface area contributed by atoms with Gasteiger partial charge in [-0.2, -0.15) is 0 Å². The minimum absolute atomic E-state index is 0.0727. The van der Waals surface area contributed by atoms with Crippen LogP contribution < -0.4 is 0 Å². The zero-order valence-electron chi connectivity index (χ0n) is 5.02. The van der Waals surface area contributed by atoms with Crippen molar-refractivity contribution in [3.63, 3.8) is 0 Å². The molecule has 52 valence electrons. The van der Waals surface area contributed by atoms with E-state index < -0.39 is 0 Å². The second-order valence-corrected chi connectivity index (χ2v) is 2.72. The molecule has 0 unspecified atom stereocenters. The van der Waals surface area contributed by atoms with E-state index in [-0.39, 0.29) is 5.12 Å². The van der Waals surface area contributed by atoms with Gasteiger partial charge < -0.3 is 0 Å². The molecule has 0 radical (unpaired) electrons. The Labute approximate surface area is 67.9 Å². The van der Waals surface area contributed by atoms with Crippen molar-refractivity contribution in [1.29, 1.82) is 0 Å². The summed E-state index contributed by atoms with van der Waals surface area (Å²) in [4.78, 5) is 14.6. The summed E-state index contributed by atoms with van der Waals surface area (Å²) in [5.41, 5.74) is 0.586. The van der Waals surface area contributed by atoms with E-state index in [4.69, 9.17) is 0 Å². The highest BCUT2D eigenvalue weighted by molar-refractivity contribution is 8.75. The zero-order chi connectivity index (χ0) is 7.40. The highest BCUT2D eigenvalue weighted by atomic mass is 33.1. The number of carbonyl (C=O) groups is 1. The number of thiol groups is 1. The van der Waals surface area contributed by atoms with E-state index in [1.807, 2.05) is 0 Å². The van der Waals surface area contributed by atoms with E-state index in [0.29, 0.717) is 5.56 Å². The summed E-state index contributed by atoms with van der Waals surface area (Å²) in [5, 5.41) is -0.0727. The van der Waals surface area contributed by atoms with Gasteiger partial charge in [0, 0.05) is 18.0 Å².